The summed E-state index contributed by atoms with van der Waals surface area (Å²) in [6.45, 7) is 0. The molecular formula is C15H9BrClFN2O2S. The molecule has 0 aliphatic rings. The van der Waals surface area contributed by atoms with E-state index in [-0.39, 0.29) is 16.8 Å². The standard InChI is InChI=1S/C15H9BrClFN2O2S/c1-22-15(21)8-5-11-14(19-6-23-11)12(18)13(8)20-10-3-2-7(16)4-9(10)17/h2-6,20H,1H3. The van der Waals surface area contributed by atoms with Crippen molar-refractivity contribution < 1.29 is 13.9 Å². The molecule has 4 nitrogen and oxygen atoms in total. The predicted octanol–water partition coefficient (Wildman–Crippen LogP) is 5.38. The van der Waals surface area contributed by atoms with Crippen molar-refractivity contribution in [2.75, 3.05) is 12.4 Å². The molecule has 0 atom stereocenters. The van der Waals surface area contributed by atoms with Crippen LogP contribution in [0.25, 0.3) is 10.2 Å². The van der Waals surface area contributed by atoms with Crippen molar-refractivity contribution in [3.8, 4) is 0 Å². The summed E-state index contributed by atoms with van der Waals surface area (Å²) in [5.41, 5.74) is 2.25. The Morgan fingerprint density at radius 3 is 2.91 bits per heavy atom. The molecule has 0 unspecified atom stereocenters. The lowest BCUT2D eigenvalue weighted by atomic mass is 10.1. The first kappa shape index (κ1) is 16.2. The van der Waals surface area contributed by atoms with Gasteiger partial charge in [0.05, 0.1) is 39.3 Å². The molecule has 0 saturated heterocycles. The second kappa shape index (κ2) is 6.43. The Hall–Kier alpha value is -1.70. The van der Waals surface area contributed by atoms with Gasteiger partial charge in [0.2, 0.25) is 0 Å². The molecule has 118 valence electrons. The van der Waals surface area contributed by atoms with Crippen molar-refractivity contribution >= 4 is 66.4 Å². The van der Waals surface area contributed by atoms with Gasteiger partial charge in [-0.3, -0.25) is 0 Å². The van der Waals surface area contributed by atoms with E-state index in [0.29, 0.717) is 15.4 Å². The molecule has 3 rings (SSSR count). The Bertz CT molecular complexity index is 916. The SMILES string of the molecule is COC(=O)c1cc2scnc2c(F)c1Nc1ccc(Br)cc1Cl. The maximum atomic E-state index is 14.8. The lowest BCUT2D eigenvalue weighted by molar-refractivity contribution is 0.0601. The summed E-state index contributed by atoms with van der Waals surface area (Å²) in [6, 6.07) is 6.65. The van der Waals surface area contributed by atoms with Gasteiger partial charge in [-0.15, -0.1) is 11.3 Å². The Labute approximate surface area is 148 Å². The van der Waals surface area contributed by atoms with Crippen LogP contribution in [0, 0.1) is 5.82 Å². The lowest BCUT2D eigenvalue weighted by Crippen LogP contribution is -2.08. The Morgan fingerprint density at radius 1 is 1.43 bits per heavy atom. The molecule has 0 spiro atoms. The van der Waals surface area contributed by atoms with Crippen LogP contribution < -0.4 is 5.32 Å². The van der Waals surface area contributed by atoms with Crippen LogP contribution >= 0.6 is 38.9 Å². The number of aromatic nitrogens is 1. The lowest BCUT2D eigenvalue weighted by Gasteiger charge is -2.13. The average molecular weight is 416 g/mol. The second-order valence-electron chi connectivity index (χ2n) is 4.55. The summed E-state index contributed by atoms with van der Waals surface area (Å²) in [6.07, 6.45) is 0. The quantitative estimate of drug-likeness (QED) is 0.583. The van der Waals surface area contributed by atoms with Crippen molar-refractivity contribution in [3.05, 3.63) is 50.7 Å². The summed E-state index contributed by atoms with van der Waals surface area (Å²) in [5, 5.41) is 3.25. The van der Waals surface area contributed by atoms with E-state index in [4.69, 9.17) is 16.3 Å². The van der Waals surface area contributed by atoms with Crippen LogP contribution in [0.4, 0.5) is 15.8 Å². The first-order valence-electron chi connectivity index (χ1n) is 6.37. The fourth-order valence-corrected chi connectivity index (χ4v) is 3.51. The van der Waals surface area contributed by atoms with Crippen LogP contribution in [-0.4, -0.2) is 18.1 Å². The summed E-state index contributed by atoms with van der Waals surface area (Å²) >= 11 is 10.7. The average Bonchev–Trinajstić information content (AvgIpc) is 3.00. The molecule has 3 aromatic rings. The van der Waals surface area contributed by atoms with Crippen molar-refractivity contribution in [1.29, 1.82) is 0 Å². The number of fused-ring (bicyclic) bond motifs is 1. The van der Waals surface area contributed by atoms with E-state index in [9.17, 15) is 9.18 Å². The van der Waals surface area contributed by atoms with Gasteiger partial charge in [-0.2, -0.15) is 0 Å². The smallest absolute Gasteiger partial charge is 0.340 e. The van der Waals surface area contributed by atoms with Gasteiger partial charge in [-0.25, -0.2) is 14.2 Å². The zero-order chi connectivity index (χ0) is 16.6. The number of halogens is 3. The minimum absolute atomic E-state index is 0.0144. The number of rotatable bonds is 3. The molecule has 0 aliphatic carbocycles. The number of thiazole rings is 1. The van der Waals surface area contributed by atoms with Crippen LogP contribution in [-0.2, 0) is 4.74 Å². The van der Waals surface area contributed by atoms with Gasteiger partial charge in [-0.1, -0.05) is 27.5 Å². The van der Waals surface area contributed by atoms with Crippen LogP contribution in [0.1, 0.15) is 10.4 Å². The Kier molecular flexibility index (Phi) is 4.52. The highest BCUT2D eigenvalue weighted by Crippen LogP contribution is 2.35. The van der Waals surface area contributed by atoms with Crippen molar-refractivity contribution in [3.63, 3.8) is 0 Å². The molecule has 0 radical (unpaired) electrons. The number of carbonyl (C=O) groups is 1. The van der Waals surface area contributed by atoms with E-state index in [1.165, 1.54) is 24.0 Å². The van der Waals surface area contributed by atoms with E-state index in [1.807, 2.05) is 0 Å². The molecule has 0 fully saturated rings. The number of anilines is 2. The first-order valence-corrected chi connectivity index (χ1v) is 8.42. The third-order valence-electron chi connectivity index (χ3n) is 3.16. The first-order chi connectivity index (χ1) is 11.0. The van der Waals surface area contributed by atoms with E-state index in [0.717, 1.165) is 4.47 Å². The molecule has 1 N–H and O–H groups in total. The molecule has 1 heterocycles. The summed E-state index contributed by atoms with van der Waals surface area (Å²) in [5.74, 6) is -1.27. The molecule has 0 bridgehead atoms. The van der Waals surface area contributed by atoms with Crippen LogP contribution in [0.2, 0.25) is 5.02 Å². The number of carbonyl (C=O) groups excluding carboxylic acids is 1. The molecule has 0 saturated carbocycles. The molecule has 23 heavy (non-hydrogen) atoms. The number of methoxy groups -OCH3 is 1. The third-order valence-corrected chi connectivity index (χ3v) is 4.75. The van der Waals surface area contributed by atoms with Crippen LogP contribution in [0.3, 0.4) is 0 Å². The fraction of sp³-hybridized carbons (Fsp3) is 0.0667. The number of esters is 1. The molecule has 2 aromatic carbocycles. The van der Waals surface area contributed by atoms with Gasteiger partial charge < -0.3 is 10.1 Å². The molecule has 1 aromatic heterocycles. The van der Waals surface area contributed by atoms with E-state index in [2.05, 4.69) is 26.2 Å². The normalized spacial score (nSPS) is 10.8. The van der Waals surface area contributed by atoms with Crippen molar-refractivity contribution in [2.24, 2.45) is 0 Å². The van der Waals surface area contributed by atoms with E-state index < -0.39 is 11.8 Å². The maximum Gasteiger partial charge on any atom is 0.340 e. The largest absolute Gasteiger partial charge is 0.465 e. The topological polar surface area (TPSA) is 51.2 Å². The van der Waals surface area contributed by atoms with Crippen LogP contribution in [0.5, 0.6) is 0 Å². The number of nitrogens with one attached hydrogen (secondary N) is 1. The minimum Gasteiger partial charge on any atom is -0.465 e. The summed E-state index contributed by atoms with van der Waals surface area (Å²) < 4.78 is 20.9. The van der Waals surface area contributed by atoms with Crippen molar-refractivity contribution in [1.82, 2.24) is 4.98 Å². The Morgan fingerprint density at radius 2 is 2.22 bits per heavy atom. The number of hydrogen-bond donors (Lipinski definition) is 1. The number of benzene rings is 2. The molecule has 8 heteroatoms. The van der Waals surface area contributed by atoms with Gasteiger partial charge in [-0.05, 0) is 24.3 Å². The van der Waals surface area contributed by atoms with Gasteiger partial charge in [0.15, 0.2) is 5.82 Å². The highest BCUT2D eigenvalue weighted by Gasteiger charge is 2.21. The maximum absolute atomic E-state index is 14.8. The zero-order valence-electron chi connectivity index (χ0n) is 11.7. The highest BCUT2D eigenvalue weighted by molar-refractivity contribution is 9.10. The summed E-state index contributed by atoms with van der Waals surface area (Å²) in [7, 11) is 1.24. The van der Waals surface area contributed by atoms with Gasteiger partial charge in [0, 0.05) is 4.47 Å². The van der Waals surface area contributed by atoms with Crippen LogP contribution in [0.15, 0.2) is 34.2 Å². The monoisotopic (exact) mass is 414 g/mol. The predicted molar refractivity (Wildman–Crippen MR) is 93.4 cm³/mol. The molecule has 0 aliphatic heterocycles. The van der Waals surface area contributed by atoms with Crippen molar-refractivity contribution in [2.45, 2.75) is 0 Å². The van der Waals surface area contributed by atoms with E-state index in [1.54, 1.807) is 24.3 Å². The zero-order valence-corrected chi connectivity index (χ0v) is 14.9. The molecule has 0 amide bonds. The second-order valence-corrected chi connectivity index (χ2v) is 6.76. The number of hydrogen-bond acceptors (Lipinski definition) is 5. The fourth-order valence-electron chi connectivity index (χ4n) is 2.08. The van der Waals surface area contributed by atoms with Gasteiger partial charge in [0.1, 0.15) is 5.52 Å². The Balaban J connectivity index is 2.17. The highest BCUT2D eigenvalue weighted by atomic mass is 79.9. The van der Waals surface area contributed by atoms with E-state index >= 15 is 0 Å². The number of nitrogens with zero attached hydrogens (tertiary/aromatic N) is 1. The number of ether oxygens (including phenoxy) is 1. The summed E-state index contributed by atoms with van der Waals surface area (Å²) in [4.78, 5) is 16.0. The third kappa shape index (κ3) is 3.04. The van der Waals surface area contributed by atoms with Gasteiger partial charge in [0.25, 0.3) is 0 Å². The van der Waals surface area contributed by atoms with Gasteiger partial charge >= 0.3 is 5.97 Å². The minimum atomic E-state index is -0.644. The molecular weight excluding hydrogens is 407 g/mol.